The van der Waals surface area contributed by atoms with Crippen molar-refractivity contribution in [1.82, 2.24) is 9.88 Å². The van der Waals surface area contributed by atoms with Crippen molar-refractivity contribution in [1.29, 1.82) is 5.26 Å². The molecule has 1 aliphatic carbocycles. The van der Waals surface area contributed by atoms with E-state index in [1.807, 2.05) is 6.07 Å². The van der Waals surface area contributed by atoms with Crippen molar-refractivity contribution < 1.29 is 18.3 Å². The number of hydrogen-bond donors (Lipinski definition) is 0. The molecule has 0 unspecified atom stereocenters. The van der Waals surface area contributed by atoms with Gasteiger partial charge in [-0.1, -0.05) is 13.0 Å². The number of esters is 1. The van der Waals surface area contributed by atoms with Gasteiger partial charge < -0.3 is 4.74 Å². The molecule has 5 atom stereocenters. The van der Waals surface area contributed by atoms with Gasteiger partial charge in [-0.05, 0) is 47.0 Å². The fourth-order valence-electron chi connectivity index (χ4n) is 5.12. The van der Waals surface area contributed by atoms with Crippen molar-refractivity contribution in [3.8, 4) is 6.07 Å². The Morgan fingerprint density at radius 2 is 2.10 bits per heavy atom. The predicted octanol–water partition coefficient (Wildman–Crippen LogP) is 3.90. The summed E-state index contributed by atoms with van der Waals surface area (Å²) in [7, 11) is 0. The quantitative estimate of drug-likeness (QED) is 0.633. The maximum absolute atomic E-state index is 15.2. The van der Waals surface area contributed by atoms with Crippen LogP contribution in [0.5, 0.6) is 0 Å². The number of aromatic nitrogens is 1. The molecule has 4 rings (SSSR count). The number of ether oxygens (including phenoxy) is 1. The van der Waals surface area contributed by atoms with Gasteiger partial charge in [-0.2, -0.15) is 5.26 Å². The summed E-state index contributed by atoms with van der Waals surface area (Å²) in [5.41, 5.74) is -0.725. The second-order valence-electron chi connectivity index (χ2n) is 8.36. The molecule has 0 aromatic carbocycles. The van der Waals surface area contributed by atoms with Gasteiger partial charge in [0.15, 0.2) is 0 Å². The number of fused-ring (bicyclic) bond motifs is 1. The fourth-order valence-corrected chi connectivity index (χ4v) is 5.36. The van der Waals surface area contributed by atoms with Crippen LogP contribution in [0.1, 0.15) is 26.0 Å². The lowest BCUT2D eigenvalue weighted by Gasteiger charge is -2.55. The van der Waals surface area contributed by atoms with Crippen molar-refractivity contribution in [2.45, 2.75) is 37.8 Å². The third kappa shape index (κ3) is 3.19. The van der Waals surface area contributed by atoms with Crippen LogP contribution >= 0.6 is 15.9 Å². The summed E-state index contributed by atoms with van der Waals surface area (Å²) in [4.78, 5) is 18.9. The highest BCUT2D eigenvalue weighted by molar-refractivity contribution is 9.10. The average Bonchev–Trinajstić information content (AvgIpc) is 2.86. The minimum atomic E-state index is -3.03. The summed E-state index contributed by atoms with van der Waals surface area (Å²) in [6.07, 6.45) is 4.11. The van der Waals surface area contributed by atoms with Crippen molar-refractivity contribution in [3.63, 3.8) is 0 Å². The minimum Gasteiger partial charge on any atom is -0.461 e. The van der Waals surface area contributed by atoms with Crippen LogP contribution in [-0.4, -0.2) is 46.5 Å². The Morgan fingerprint density at radius 3 is 2.72 bits per heavy atom. The number of allylic oxidation sites excluding steroid dienone is 1. The molecule has 29 heavy (non-hydrogen) atoms. The Hall–Kier alpha value is -1.85. The lowest BCUT2D eigenvalue weighted by Crippen LogP contribution is -2.70. The maximum atomic E-state index is 15.2. The van der Waals surface area contributed by atoms with Crippen LogP contribution in [0.25, 0.3) is 6.08 Å². The van der Waals surface area contributed by atoms with E-state index in [2.05, 4.69) is 27.0 Å². The zero-order valence-electron chi connectivity index (χ0n) is 16.2. The number of likely N-dealkylation sites (tertiary alicyclic amines) is 1. The van der Waals surface area contributed by atoms with Gasteiger partial charge in [0.25, 0.3) is 5.92 Å². The molecule has 0 amide bonds. The van der Waals surface area contributed by atoms with Crippen molar-refractivity contribution in [2.24, 2.45) is 23.7 Å². The van der Waals surface area contributed by atoms with Gasteiger partial charge in [0, 0.05) is 42.0 Å². The first-order chi connectivity index (χ1) is 13.7. The fraction of sp³-hybridized carbons (Fsp3) is 0.571. The van der Waals surface area contributed by atoms with Crippen LogP contribution in [0.2, 0.25) is 0 Å². The Kier molecular flexibility index (Phi) is 5.02. The van der Waals surface area contributed by atoms with Crippen LogP contribution < -0.4 is 0 Å². The predicted molar refractivity (Wildman–Crippen MR) is 106 cm³/mol. The second-order valence-corrected chi connectivity index (χ2v) is 9.27. The number of carbonyl (C=O) groups is 1. The molecule has 0 spiro atoms. The first-order valence-corrected chi connectivity index (χ1v) is 10.5. The van der Waals surface area contributed by atoms with Gasteiger partial charge in [0.05, 0.1) is 17.7 Å². The molecule has 0 bridgehead atoms. The number of rotatable bonds is 3. The number of nitrogens with zero attached hydrogens (tertiary/aromatic N) is 3. The summed E-state index contributed by atoms with van der Waals surface area (Å²) in [5, 5.41) is 9.12. The van der Waals surface area contributed by atoms with E-state index in [9.17, 15) is 4.79 Å². The Bertz CT molecular complexity index is 879. The number of cyclic esters (lactones) is 1. The highest BCUT2D eigenvalue weighted by Crippen LogP contribution is 2.58. The molecule has 1 aromatic rings. The number of carbonyl (C=O) groups excluding carboxylic acids is 1. The molecular formula is C21H22BrF2N3O2. The molecule has 2 saturated heterocycles. The number of nitriles is 1. The van der Waals surface area contributed by atoms with E-state index in [0.29, 0.717) is 18.8 Å². The first-order valence-electron chi connectivity index (χ1n) is 9.72. The van der Waals surface area contributed by atoms with Gasteiger partial charge >= 0.3 is 5.97 Å². The zero-order chi connectivity index (χ0) is 21.0. The minimum absolute atomic E-state index is 0.234. The number of alkyl halides is 2. The van der Waals surface area contributed by atoms with Gasteiger partial charge in [-0.15, -0.1) is 0 Å². The molecule has 1 aromatic heterocycles. The van der Waals surface area contributed by atoms with Gasteiger partial charge in [-0.3, -0.25) is 14.7 Å². The van der Waals surface area contributed by atoms with E-state index in [1.165, 1.54) is 6.92 Å². The van der Waals surface area contributed by atoms with Gasteiger partial charge in [0.2, 0.25) is 0 Å². The SMILES string of the molecule is C[C@H]1OC(=O)[C@]2(N3CC(C#N)C3)CC(F)(F)[C@@H](C)[C@H](C=Cc3ccc(Br)cn3)[C@H]12. The average molecular weight is 466 g/mol. The van der Waals surface area contributed by atoms with Gasteiger partial charge in [-0.25, -0.2) is 8.78 Å². The number of hydrogen-bond acceptors (Lipinski definition) is 5. The van der Waals surface area contributed by atoms with E-state index >= 15 is 8.78 Å². The molecule has 2 aliphatic heterocycles. The van der Waals surface area contributed by atoms with Crippen molar-refractivity contribution in [2.75, 3.05) is 13.1 Å². The third-order valence-corrected chi connectivity index (χ3v) is 7.20. The lowest BCUT2D eigenvalue weighted by molar-refractivity contribution is -0.188. The summed E-state index contributed by atoms with van der Waals surface area (Å²) in [5.74, 6) is -5.76. The van der Waals surface area contributed by atoms with Crippen LogP contribution in [0.15, 0.2) is 28.9 Å². The molecule has 3 fully saturated rings. The van der Waals surface area contributed by atoms with E-state index in [1.54, 1.807) is 36.2 Å². The molecule has 154 valence electrons. The smallest absolute Gasteiger partial charge is 0.327 e. The van der Waals surface area contributed by atoms with Crippen molar-refractivity contribution in [3.05, 3.63) is 34.6 Å². The Morgan fingerprint density at radius 1 is 1.38 bits per heavy atom. The topological polar surface area (TPSA) is 66.2 Å². The first kappa shape index (κ1) is 20.4. The monoisotopic (exact) mass is 465 g/mol. The summed E-state index contributed by atoms with van der Waals surface area (Å²) in [6.45, 7) is 3.96. The van der Waals surface area contributed by atoms with Crippen LogP contribution in [0.3, 0.4) is 0 Å². The largest absolute Gasteiger partial charge is 0.461 e. The molecule has 0 radical (unpaired) electrons. The molecule has 1 saturated carbocycles. The lowest BCUT2D eigenvalue weighted by atomic mass is 9.59. The standard InChI is InChI=1S/C21H22BrF2N3O2/c1-12-17(6-5-16-4-3-15(22)8-26-16)18-13(2)29-19(28)20(18,11-21(12,23)24)27-9-14(7-25)10-27/h3-6,8,12-14,17-18H,9-11H2,1-2H3/t12-,13+,17-,18-,20-/m0/s1. The molecule has 5 nitrogen and oxygen atoms in total. The zero-order valence-corrected chi connectivity index (χ0v) is 17.8. The number of halogens is 3. The van der Waals surface area contributed by atoms with Gasteiger partial charge in [0.1, 0.15) is 11.6 Å². The summed E-state index contributed by atoms with van der Waals surface area (Å²) >= 11 is 3.33. The Balaban J connectivity index is 1.73. The normalized spacial score (nSPS) is 37.0. The van der Waals surface area contributed by atoms with Crippen molar-refractivity contribution >= 4 is 28.0 Å². The summed E-state index contributed by atoms with van der Waals surface area (Å²) in [6, 6.07) is 5.79. The Labute approximate surface area is 176 Å². The molecule has 3 heterocycles. The molecule has 8 heteroatoms. The molecular weight excluding hydrogens is 444 g/mol. The highest BCUT2D eigenvalue weighted by Gasteiger charge is 2.71. The van der Waals surface area contributed by atoms with E-state index < -0.39 is 47.7 Å². The van der Waals surface area contributed by atoms with E-state index in [-0.39, 0.29) is 5.92 Å². The van der Waals surface area contributed by atoms with Crippen LogP contribution in [0, 0.1) is 35.0 Å². The highest BCUT2D eigenvalue weighted by atomic mass is 79.9. The summed E-state index contributed by atoms with van der Waals surface area (Å²) < 4.78 is 36.7. The maximum Gasteiger partial charge on any atom is 0.327 e. The third-order valence-electron chi connectivity index (χ3n) is 6.73. The second kappa shape index (κ2) is 7.13. The van der Waals surface area contributed by atoms with E-state index in [4.69, 9.17) is 10.00 Å². The molecule has 3 aliphatic rings. The van der Waals surface area contributed by atoms with Crippen LogP contribution in [-0.2, 0) is 9.53 Å². The van der Waals surface area contributed by atoms with E-state index in [0.717, 1.165) is 4.47 Å². The number of pyridine rings is 1. The van der Waals surface area contributed by atoms with Crippen LogP contribution in [0.4, 0.5) is 8.78 Å². The molecule has 0 N–H and O–H groups in total.